The Balaban J connectivity index is 0.000000134. The van der Waals surface area contributed by atoms with E-state index < -0.39 is 87.6 Å². The van der Waals surface area contributed by atoms with E-state index in [1.165, 1.54) is 0 Å². The summed E-state index contributed by atoms with van der Waals surface area (Å²) in [6, 6.07) is 33.2. The molecule has 4 aromatic carbocycles. The van der Waals surface area contributed by atoms with Crippen LogP contribution in [0.15, 0.2) is 109 Å². The molecule has 4 aromatic rings. The van der Waals surface area contributed by atoms with Gasteiger partial charge in [0.25, 0.3) is 5.91 Å². The summed E-state index contributed by atoms with van der Waals surface area (Å²) in [5, 5.41) is 24.7. The van der Waals surface area contributed by atoms with E-state index in [1.807, 2.05) is 101 Å². The van der Waals surface area contributed by atoms with Crippen LogP contribution in [0.5, 0.6) is 11.5 Å². The fourth-order valence-electron chi connectivity index (χ4n) is 23.5. The number of nitrogens with two attached hydrogens (primary N) is 1. The number of hydrogen-bond donors (Lipinski definition) is 5. The molecule has 6 N–H and O–H groups in total. The van der Waals surface area contributed by atoms with Crippen molar-refractivity contribution in [1.29, 1.82) is 0 Å². The Hall–Kier alpha value is -8.83. The van der Waals surface area contributed by atoms with Gasteiger partial charge >= 0.3 is 42.9 Å². The van der Waals surface area contributed by atoms with Gasteiger partial charge in [-0.25, -0.2) is 4.79 Å². The lowest BCUT2D eigenvalue weighted by Crippen LogP contribution is -2.53. The standard InChI is InChI=1S/C23H34BN3O5.C22H31N3O4.C22H30N2O4.C21H24N2O6.C15H21Cl3N2O4/c1-15(25-24(2)30)14-16-4-6-17(7-5-16)31-23(29)21-19-9-8-18(32-19)20(21)22(28)27-12-10-26(3)11-13-27;1-14(23)13-15-3-5-16(6-4-15)28-22(27)20-18-8-7-17(29-18)19(20)21(26)25-11-9-24(2)10-12-25;1-2-10-23-11-13-24(14-12-23)21(25)19-17-8-9-18(28-17)20(19)22(26)27-15-16-6-4-3-5-7-16;1-21(12-6-3-2-4-7-12)19(27)23(20(28)22-21)11-5-8-13(24)16-14-9-10-15(29-14)17(16)18(25)26;1-19-4-6-20(7-5-19)13(21)11-9-2-3-10(24-9)12(11)14(22)23-8-15(16,17)18/h4-7,15,18-21,25,30H,8-14H2,1-3H3;3-6,14,17-20H,7-13,23H2,1-2H3;3-7,17-20H,2,8-15H2,1H3;2-4,6-7,14-17H,5,8-11H2,1H3,(H,22,28)(H,25,26);9-12H,2-8H2,1H3/t15?,18-,19+,20?,21?;14?,17-,18+,19?,20?;17-,18+,19?,20?;14-,15+,16?,17?,21?;9-,10+,11?,12?/m00000/s1. The Kier molecular flexibility index (Phi) is 36.5. The molecule has 0 spiro atoms. The number of carbonyl (C=O) groups excluding carboxylic acids is 11. The number of piperazine rings is 4. The number of Topliss-reactive ketones (excluding diaryl/α,β-unsaturated/α-hetero) is 1. The molecule has 15 saturated heterocycles. The lowest BCUT2D eigenvalue weighted by Gasteiger charge is -2.37. The van der Waals surface area contributed by atoms with Gasteiger partial charge in [-0.2, -0.15) is 0 Å². The predicted molar refractivity (Wildman–Crippen MR) is 525 cm³/mol. The molecule has 0 saturated carbocycles. The molecule has 13 unspecified atom stereocenters. The number of nitrogens with one attached hydrogen (secondary N) is 2. The van der Waals surface area contributed by atoms with Gasteiger partial charge in [0.2, 0.25) is 27.4 Å². The number of amides is 7. The fraction of sp³-hybridized carbons (Fsp3) is 0.650. The highest BCUT2D eigenvalue weighted by molar-refractivity contribution is 6.67. The van der Waals surface area contributed by atoms with Gasteiger partial charge in [0, 0.05) is 124 Å². The van der Waals surface area contributed by atoms with E-state index in [2.05, 4.69) is 51.2 Å². The van der Waals surface area contributed by atoms with E-state index in [-0.39, 0.29) is 158 Å². The molecule has 35 nitrogen and oxygen atoms in total. The lowest BCUT2D eigenvalue weighted by atomic mass is 9.76. The van der Waals surface area contributed by atoms with E-state index in [1.54, 1.807) is 62.3 Å². The van der Waals surface area contributed by atoms with Crippen molar-refractivity contribution in [3.8, 4) is 11.5 Å². The third kappa shape index (κ3) is 25.9. The number of alkyl halides is 3. The van der Waals surface area contributed by atoms with E-state index >= 15 is 0 Å². The Bertz CT molecular complexity index is 5030. The minimum Gasteiger partial charge on any atom is -0.481 e. The smallest absolute Gasteiger partial charge is 0.373 e. The molecule has 0 radical (unpaired) electrons. The first-order valence-corrected chi connectivity index (χ1v) is 52.0. The van der Waals surface area contributed by atoms with Crippen LogP contribution in [0.3, 0.4) is 0 Å². The van der Waals surface area contributed by atoms with Gasteiger partial charge in [-0.3, -0.25) is 62.5 Å². The number of aliphatic carboxylic acids is 1. The van der Waals surface area contributed by atoms with E-state index in [0.717, 1.165) is 164 Å². The second-order valence-electron chi connectivity index (χ2n) is 41.1. The third-order valence-corrected chi connectivity index (χ3v) is 31.2. The fourth-order valence-corrected chi connectivity index (χ4v) is 23.6. The zero-order chi connectivity index (χ0) is 101. The number of carboxylic acid groups (broad SMARTS) is 1. The van der Waals surface area contributed by atoms with Gasteiger partial charge in [-0.05, 0) is 191 Å². The van der Waals surface area contributed by atoms with Crippen LogP contribution in [0.1, 0.15) is 133 Å². The number of carbonyl (C=O) groups is 12. The first-order chi connectivity index (χ1) is 68.0. The van der Waals surface area contributed by atoms with Crippen molar-refractivity contribution in [2.45, 2.75) is 220 Å². The van der Waals surface area contributed by atoms with Crippen molar-refractivity contribution in [1.82, 2.24) is 54.6 Å². The molecule has 7 amide bonds. The SMILES string of the molecule is CB(O)NC(C)Cc1ccc(OC(=O)C2C(C(=O)N3CCN(C)CC3)[C@@H]3CC[C@H]2O3)cc1.CC(N)Cc1ccc(OC(=O)C2C(C(=O)N3CCN(C)CC3)[C@@H]3CC[C@H]2O3)cc1.CC1(c2ccccc2)NC(=O)N(CCCC(=O)C2C(C(=O)O)[C@H]3CC[C@@H]2O3)C1=O.CCCN1CCN(C(=O)C2C(C(=O)OCc3ccccc3)[C@H]3CC[C@@H]2O3)CC1.CN1CCN(C(=O)C2C(C(=O)OCC(Cl)(Cl)Cl)[C@H]3CC[C@@H]2O3)CC1. The van der Waals surface area contributed by atoms with Crippen LogP contribution < -0.4 is 25.8 Å². The number of hydrogen-bond acceptors (Lipinski definition) is 28. The summed E-state index contributed by atoms with van der Waals surface area (Å²) in [7, 11) is 5.58. The van der Waals surface area contributed by atoms with Crippen molar-refractivity contribution in [2.75, 3.05) is 146 Å². The first kappa shape index (κ1) is 107. The minimum absolute atomic E-state index is 0.0221. The number of ketones is 1. The van der Waals surface area contributed by atoms with E-state index in [4.69, 9.17) is 83.2 Å². The molecule has 142 heavy (non-hydrogen) atoms. The zero-order valence-electron chi connectivity index (χ0n) is 82.6. The van der Waals surface area contributed by atoms with Crippen molar-refractivity contribution in [2.24, 2.45) is 64.9 Å². The largest absolute Gasteiger partial charge is 0.481 e. The van der Waals surface area contributed by atoms with E-state index in [0.29, 0.717) is 75.6 Å². The van der Waals surface area contributed by atoms with Crippen LogP contribution in [-0.4, -0.2) is 355 Å². The zero-order valence-corrected chi connectivity index (χ0v) is 84.9. The maximum Gasteiger partial charge on any atom is 0.373 e. The number of carboxylic acids is 1. The highest BCUT2D eigenvalue weighted by Gasteiger charge is 2.63. The normalized spacial score (nSPS) is 31.0. The number of rotatable bonds is 28. The quantitative estimate of drug-likeness (QED) is 0.0125. The number of fused-ring (bicyclic) bond motifs is 10. The number of benzene rings is 4. The summed E-state index contributed by atoms with van der Waals surface area (Å²) >= 11 is 16.9. The molecule has 15 heterocycles. The first-order valence-electron chi connectivity index (χ1n) is 50.9. The Morgan fingerprint density at radius 2 is 0.824 bits per heavy atom. The van der Waals surface area contributed by atoms with Crippen molar-refractivity contribution in [3.63, 3.8) is 0 Å². The molecule has 0 aromatic heterocycles. The topological polar surface area (TPSA) is 408 Å². The molecule has 15 fully saturated rings. The van der Waals surface area contributed by atoms with Gasteiger partial charge in [0.05, 0.1) is 120 Å². The van der Waals surface area contributed by atoms with Crippen LogP contribution in [0.2, 0.25) is 6.82 Å². The Morgan fingerprint density at radius 3 is 1.20 bits per heavy atom. The van der Waals surface area contributed by atoms with Gasteiger partial charge < -0.3 is 103 Å². The van der Waals surface area contributed by atoms with E-state index in [9.17, 15) is 67.7 Å². The number of likely N-dealkylation sites (N-methyl/N-ethyl adjacent to an activating group) is 3. The summed E-state index contributed by atoms with van der Waals surface area (Å²) < 4.78 is 49.9. The average molecular weight is 2030 g/mol. The molecule has 10 bridgehead atoms. The Morgan fingerprint density at radius 1 is 0.472 bits per heavy atom. The molecule has 19 rings (SSSR count). The van der Waals surface area contributed by atoms with Crippen molar-refractivity contribution >= 4 is 113 Å². The molecular formula is C103H140BCl3N12O23. The second kappa shape index (κ2) is 48.2. The molecule has 774 valence electrons. The average Bonchev–Trinajstić information content (AvgIpc) is 1.59. The monoisotopic (exact) mass is 2030 g/mol. The second-order valence-corrected chi connectivity index (χ2v) is 43.6. The summed E-state index contributed by atoms with van der Waals surface area (Å²) in [5.41, 5.74) is 8.54. The number of imide groups is 1. The summed E-state index contributed by atoms with van der Waals surface area (Å²) in [6.07, 6.45) is 8.62. The van der Waals surface area contributed by atoms with Crippen LogP contribution in [0, 0.1) is 59.2 Å². The van der Waals surface area contributed by atoms with Crippen molar-refractivity contribution < 1.29 is 110 Å². The summed E-state index contributed by atoms with van der Waals surface area (Å²) in [6.45, 7) is 23.1. The van der Waals surface area contributed by atoms with Crippen LogP contribution >= 0.6 is 34.8 Å². The van der Waals surface area contributed by atoms with Gasteiger partial charge in [-0.1, -0.05) is 134 Å². The predicted octanol–water partition coefficient (Wildman–Crippen LogP) is 7.07. The summed E-state index contributed by atoms with van der Waals surface area (Å²) in [5.74, 6) is -7.29. The van der Waals surface area contributed by atoms with Gasteiger partial charge in [0.1, 0.15) is 36.0 Å². The number of esters is 4. The highest BCUT2D eigenvalue weighted by atomic mass is 35.6. The molecule has 0 aliphatic carbocycles. The van der Waals surface area contributed by atoms with Crippen LogP contribution in [0.25, 0.3) is 0 Å². The summed E-state index contributed by atoms with van der Waals surface area (Å²) in [4.78, 5) is 171. The molecule has 15 aliphatic rings. The van der Waals surface area contributed by atoms with Crippen LogP contribution in [-0.2, 0) is 111 Å². The molecule has 23 atom stereocenters. The van der Waals surface area contributed by atoms with Crippen LogP contribution in [0.4, 0.5) is 4.79 Å². The third-order valence-electron chi connectivity index (χ3n) is 30.9. The number of nitrogens with zero attached hydrogens (tertiary/aromatic N) is 9. The maximum absolute atomic E-state index is 13.3. The number of ether oxygens (including phenoxy) is 9. The van der Waals surface area contributed by atoms with Gasteiger partial charge in [0.15, 0.2) is 0 Å². The molecule has 39 heteroatoms. The highest BCUT2D eigenvalue weighted by Crippen LogP contribution is 2.51. The number of halogens is 3. The maximum atomic E-state index is 13.3. The minimum atomic E-state index is -1.66. The van der Waals surface area contributed by atoms with Gasteiger partial charge in [-0.15, -0.1) is 0 Å². The molecule has 15 aliphatic heterocycles. The lowest BCUT2D eigenvalue weighted by molar-refractivity contribution is -0.157. The molecular weight excluding hydrogens is 1890 g/mol. The Labute approximate surface area is 846 Å². The van der Waals surface area contributed by atoms with Crippen molar-refractivity contribution in [3.05, 3.63) is 131 Å². The number of urea groups is 1.